The molecule has 0 saturated heterocycles. The molecule has 27 heavy (non-hydrogen) atoms. The number of nitrogens with zero attached hydrogens (tertiary/aromatic N) is 1. The van der Waals surface area contributed by atoms with Gasteiger partial charge in [-0.15, -0.1) is 22.7 Å². The Bertz CT molecular complexity index is 1090. The molecule has 1 aromatic carbocycles. The van der Waals surface area contributed by atoms with Crippen molar-refractivity contribution in [3.05, 3.63) is 63.0 Å². The lowest BCUT2D eigenvalue weighted by atomic mass is 10.1. The number of methoxy groups -OCH3 is 1. The van der Waals surface area contributed by atoms with Crippen molar-refractivity contribution in [1.29, 1.82) is 0 Å². The lowest BCUT2D eigenvalue weighted by molar-refractivity contribution is 0.0919. The zero-order valence-electron chi connectivity index (χ0n) is 14.9. The molecule has 0 atom stereocenters. The van der Waals surface area contributed by atoms with Gasteiger partial charge in [-0.1, -0.05) is 18.2 Å². The SMILES string of the molecule is COCc1c(C(=O)NCc2ccc(-c3csc(C)n3)s2)oc2ccccc12. The van der Waals surface area contributed by atoms with Gasteiger partial charge < -0.3 is 14.5 Å². The van der Waals surface area contributed by atoms with Gasteiger partial charge in [-0.3, -0.25) is 4.79 Å². The second kappa shape index (κ2) is 7.64. The van der Waals surface area contributed by atoms with E-state index in [1.807, 2.05) is 43.3 Å². The summed E-state index contributed by atoms with van der Waals surface area (Å²) < 4.78 is 11.0. The highest BCUT2D eigenvalue weighted by Crippen LogP contribution is 2.29. The Hall–Kier alpha value is -2.48. The summed E-state index contributed by atoms with van der Waals surface area (Å²) >= 11 is 3.26. The molecule has 0 bridgehead atoms. The van der Waals surface area contributed by atoms with E-state index in [2.05, 4.69) is 15.7 Å². The molecule has 0 aliphatic heterocycles. The Labute approximate surface area is 164 Å². The van der Waals surface area contributed by atoms with Crippen LogP contribution in [0.25, 0.3) is 21.5 Å². The molecule has 1 amide bonds. The van der Waals surface area contributed by atoms with E-state index in [4.69, 9.17) is 9.15 Å². The number of para-hydroxylation sites is 1. The van der Waals surface area contributed by atoms with Crippen LogP contribution in [0.1, 0.15) is 26.0 Å². The van der Waals surface area contributed by atoms with Gasteiger partial charge in [-0.25, -0.2) is 4.98 Å². The summed E-state index contributed by atoms with van der Waals surface area (Å²) in [6.45, 7) is 2.76. The van der Waals surface area contributed by atoms with Crippen LogP contribution in [0.2, 0.25) is 0 Å². The molecule has 4 aromatic rings. The fraction of sp³-hybridized carbons (Fsp3) is 0.200. The number of aromatic nitrogens is 1. The number of nitrogens with one attached hydrogen (secondary N) is 1. The molecule has 7 heteroatoms. The molecule has 0 fully saturated rings. The van der Waals surface area contributed by atoms with E-state index in [1.165, 1.54) is 0 Å². The molecule has 0 spiro atoms. The number of furan rings is 1. The maximum absolute atomic E-state index is 12.7. The number of aryl methyl sites for hydroxylation is 1. The Morgan fingerprint density at radius 3 is 2.89 bits per heavy atom. The summed E-state index contributed by atoms with van der Waals surface area (Å²) in [5, 5.41) is 6.95. The molecule has 3 aromatic heterocycles. The zero-order valence-corrected chi connectivity index (χ0v) is 16.6. The lowest BCUT2D eigenvalue weighted by Gasteiger charge is -2.04. The van der Waals surface area contributed by atoms with Crippen LogP contribution in [0, 0.1) is 6.92 Å². The largest absolute Gasteiger partial charge is 0.451 e. The number of hydrogen-bond donors (Lipinski definition) is 1. The van der Waals surface area contributed by atoms with Crippen molar-refractivity contribution in [2.24, 2.45) is 0 Å². The van der Waals surface area contributed by atoms with Crippen LogP contribution in [-0.4, -0.2) is 18.0 Å². The number of hydrogen-bond acceptors (Lipinski definition) is 6. The van der Waals surface area contributed by atoms with Crippen molar-refractivity contribution in [1.82, 2.24) is 10.3 Å². The van der Waals surface area contributed by atoms with E-state index in [0.29, 0.717) is 24.5 Å². The molecular weight excluding hydrogens is 380 g/mol. The first-order chi connectivity index (χ1) is 13.2. The van der Waals surface area contributed by atoms with Crippen molar-refractivity contribution in [3.63, 3.8) is 0 Å². The zero-order chi connectivity index (χ0) is 18.8. The summed E-state index contributed by atoms with van der Waals surface area (Å²) in [4.78, 5) is 19.4. The monoisotopic (exact) mass is 398 g/mol. The number of carbonyl (C=O) groups excluding carboxylic acids is 1. The van der Waals surface area contributed by atoms with E-state index in [-0.39, 0.29) is 5.91 Å². The van der Waals surface area contributed by atoms with Crippen LogP contribution in [0.4, 0.5) is 0 Å². The molecule has 1 N–H and O–H groups in total. The van der Waals surface area contributed by atoms with Gasteiger partial charge in [0.2, 0.25) is 0 Å². The van der Waals surface area contributed by atoms with E-state index < -0.39 is 0 Å². The smallest absolute Gasteiger partial charge is 0.287 e. The first-order valence-corrected chi connectivity index (χ1v) is 10.1. The minimum atomic E-state index is -0.238. The average molecular weight is 399 g/mol. The normalized spacial score (nSPS) is 11.2. The summed E-state index contributed by atoms with van der Waals surface area (Å²) in [5.74, 6) is 0.0719. The Morgan fingerprint density at radius 2 is 2.11 bits per heavy atom. The van der Waals surface area contributed by atoms with Gasteiger partial charge in [0.15, 0.2) is 5.76 Å². The summed E-state index contributed by atoms with van der Waals surface area (Å²) in [6.07, 6.45) is 0. The van der Waals surface area contributed by atoms with Crippen LogP contribution >= 0.6 is 22.7 Å². The van der Waals surface area contributed by atoms with Crippen LogP contribution in [0.3, 0.4) is 0 Å². The molecule has 0 aliphatic carbocycles. The lowest BCUT2D eigenvalue weighted by Crippen LogP contribution is -2.23. The molecular formula is C20H18N2O3S2. The molecule has 0 unspecified atom stereocenters. The van der Waals surface area contributed by atoms with Gasteiger partial charge in [0.05, 0.1) is 28.7 Å². The van der Waals surface area contributed by atoms with Gasteiger partial charge in [-0.2, -0.15) is 0 Å². The number of thiazole rings is 1. The molecule has 138 valence electrons. The highest BCUT2D eigenvalue weighted by atomic mass is 32.1. The summed E-state index contributed by atoms with van der Waals surface area (Å²) in [5.41, 5.74) is 2.45. The molecule has 0 saturated carbocycles. The van der Waals surface area contributed by atoms with Crippen molar-refractivity contribution in [2.45, 2.75) is 20.1 Å². The fourth-order valence-electron chi connectivity index (χ4n) is 2.90. The van der Waals surface area contributed by atoms with E-state index in [9.17, 15) is 4.79 Å². The second-order valence-electron chi connectivity index (χ2n) is 6.04. The number of benzene rings is 1. The maximum atomic E-state index is 12.7. The van der Waals surface area contributed by atoms with Gasteiger partial charge in [-0.05, 0) is 25.1 Å². The maximum Gasteiger partial charge on any atom is 0.287 e. The van der Waals surface area contributed by atoms with Gasteiger partial charge in [0.1, 0.15) is 5.58 Å². The summed E-state index contributed by atoms with van der Waals surface area (Å²) in [6, 6.07) is 11.7. The fourth-order valence-corrected chi connectivity index (χ4v) is 4.50. The van der Waals surface area contributed by atoms with E-state index in [1.54, 1.807) is 29.8 Å². The van der Waals surface area contributed by atoms with Gasteiger partial charge in [0, 0.05) is 28.3 Å². The van der Waals surface area contributed by atoms with E-state index >= 15 is 0 Å². The predicted octanol–water partition coefficient (Wildman–Crippen LogP) is 5.00. The van der Waals surface area contributed by atoms with Crippen LogP contribution in [0.15, 0.2) is 46.2 Å². The third-order valence-electron chi connectivity index (χ3n) is 4.15. The van der Waals surface area contributed by atoms with Crippen molar-refractivity contribution in [3.8, 4) is 10.6 Å². The Balaban J connectivity index is 1.51. The Kier molecular flexibility index (Phi) is 5.07. The quantitative estimate of drug-likeness (QED) is 0.496. The van der Waals surface area contributed by atoms with Gasteiger partial charge in [0.25, 0.3) is 5.91 Å². The van der Waals surface area contributed by atoms with Crippen molar-refractivity contribution in [2.75, 3.05) is 7.11 Å². The van der Waals surface area contributed by atoms with Gasteiger partial charge >= 0.3 is 0 Å². The van der Waals surface area contributed by atoms with Crippen LogP contribution in [0.5, 0.6) is 0 Å². The number of thiophene rings is 1. The molecule has 5 nitrogen and oxygen atoms in total. The molecule has 0 radical (unpaired) electrons. The third kappa shape index (κ3) is 3.66. The summed E-state index contributed by atoms with van der Waals surface area (Å²) in [7, 11) is 1.61. The van der Waals surface area contributed by atoms with Crippen molar-refractivity contribution < 1.29 is 13.9 Å². The van der Waals surface area contributed by atoms with Crippen LogP contribution < -0.4 is 5.32 Å². The highest BCUT2D eigenvalue weighted by molar-refractivity contribution is 7.16. The average Bonchev–Trinajstić information content (AvgIpc) is 3.39. The minimum absolute atomic E-state index is 0.238. The molecule has 3 heterocycles. The first-order valence-electron chi connectivity index (χ1n) is 8.44. The topological polar surface area (TPSA) is 64.4 Å². The van der Waals surface area contributed by atoms with E-state index in [0.717, 1.165) is 31.4 Å². The standard InChI is InChI=1S/C20H18N2O3S2/c1-12-22-16(11-26-12)18-8-7-13(27-18)9-21-20(23)19-15(10-24-2)14-5-3-4-6-17(14)25-19/h3-8,11H,9-10H2,1-2H3,(H,21,23). The van der Waals surface area contributed by atoms with Crippen LogP contribution in [-0.2, 0) is 17.9 Å². The number of amides is 1. The predicted molar refractivity (Wildman–Crippen MR) is 108 cm³/mol. The number of ether oxygens (including phenoxy) is 1. The number of carbonyl (C=O) groups is 1. The highest BCUT2D eigenvalue weighted by Gasteiger charge is 2.20. The number of rotatable bonds is 6. The Morgan fingerprint density at radius 1 is 1.26 bits per heavy atom. The number of fused-ring (bicyclic) bond motifs is 1. The molecule has 0 aliphatic rings. The van der Waals surface area contributed by atoms with Crippen molar-refractivity contribution >= 4 is 39.5 Å². The molecule has 4 rings (SSSR count). The minimum Gasteiger partial charge on any atom is -0.451 e. The third-order valence-corrected chi connectivity index (χ3v) is 6.03. The first kappa shape index (κ1) is 17.9. The second-order valence-corrected chi connectivity index (χ2v) is 8.27.